The molecule has 0 aliphatic heterocycles. The molecule has 0 bridgehead atoms. The summed E-state index contributed by atoms with van der Waals surface area (Å²) in [4.78, 5) is 24.5. The van der Waals surface area contributed by atoms with Gasteiger partial charge in [-0.1, -0.05) is 58.0 Å². The first-order valence-electron chi connectivity index (χ1n) is 8.50. The van der Waals surface area contributed by atoms with Gasteiger partial charge >= 0.3 is 5.97 Å². The second kappa shape index (κ2) is 6.86. The second-order valence-corrected chi connectivity index (χ2v) is 7.56. The maximum Gasteiger partial charge on any atom is 0.306 e. The average Bonchev–Trinajstić information content (AvgIpc) is 2.75. The highest BCUT2D eigenvalue weighted by Gasteiger charge is 2.53. The zero-order valence-electron chi connectivity index (χ0n) is 14.7. The number of Topliss-reactive ketones (excluding diaryl/α,β-unsaturated/α-hetero) is 1. The molecule has 3 nitrogen and oxygen atoms in total. The van der Waals surface area contributed by atoms with E-state index in [0.29, 0.717) is 18.8 Å². The van der Waals surface area contributed by atoms with Gasteiger partial charge in [0.1, 0.15) is 0 Å². The third-order valence-corrected chi connectivity index (χ3v) is 6.17. The maximum absolute atomic E-state index is 12.6. The van der Waals surface area contributed by atoms with Crippen molar-refractivity contribution in [3.05, 3.63) is 35.9 Å². The number of ketones is 1. The Balaban J connectivity index is 1.83. The lowest BCUT2D eigenvalue weighted by Gasteiger charge is -2.39. The fourth-order valence-electron chi connectivity index (χ4n) is 3.50. The minimum absolute atomic E-state index is 0.0550. The van der Waals surface area contributed by atoms with Gasteiger partial charge in [-0.3, -0.25) is 9.59 Å². The van der Waals surface area contributed by atoms with Crippen molar-refractivity contribution in [3.63, 3.8) is 0 Å². The molecule has 3 heteroatoms. The predicted octanol–water partition coefficient (Wildman–Crippen LogP) is 4.19. The van der Waals surface area contributed by atoms with E-state index in [0.717, 1.165) is 18.4 Å². The van der Waals surface area contributed by atoms with Crippen LogP contribution in [0, 0.1) is 16.7 Å². The Morgan fingerprint density at radius 3 is 2.39 bits per heavy atom. The lowest BCUT2D eigenvalue weighted by molar-refractivity contribution is -0.152. The molecule has 2 atom stereocenters. The number of rotatable bonds is 6. The molecule has 2 unspecified atom stereocenters. The Kier molecular flexibility index (Phi) is 5.28. The van der Waals surface area contributed by atoms with Crippen LogP contribution < -0.4 is 0 Å². The van der Waals surface area contributed by atoms with E-state index in [-0.39, 0.29) is 23.8 Å². The van der Waals surface area contributed by atoms with Crippen molar-refractivity contribution in [1.29, 1.82) is 0 Å². The SMILES string of the molecule is CC1CCC(C)(C(=O)COC(=O)CCc2ccccc2)C1(C)C. The van der Waals surface area contributed by atoms with Crippen molar-refractivity contribution in [2.75, 3.05) is 6.61 Å². The van der Waals surface area contributed by atoms with Crippen LogP contribution in [0.3, 0.4) is 0 Å². The van der Waals surface area contributed by atoms with E-state index in [4.69, 9.17) is 4.74 Å². The van der Waals surface area contributed by atoms with E-state index >= 15 is 0 Å². The molecule has 0 radical (unpaired) electrons. The fourth-order valence-corrected chi connectivity index (χ4v) is 3.50. The summed E-state index contributed by atoms with van der Waals surface area (Å²) in [6.45, 7) is 8.43. The molecule has 1 aliphatic carbocycles. The standard InChI is InChI=1S/C20H28O3/c1-15-12-13-20(4,19(15,2)3)17(21)14-23-18(22)11-10-16-8-6-5-7-9-16/h5-9,15H,10-14H2,1-4H3. The van der Waals surface area contributed by atoms with Crippen LogP contribution in [0.5, 0.6) is 0 Å². The van der Waals surface area contributed by atoms with Crippen molar-refractivity contribution < 1.29 is 14.3 Å². The van der Waals surface area contributed by atoms with Crippen LogP contribution in [0.1, 0.15) is 52.5 Å². The molecule has 0 N–H and O–H groups in total. The third kappa shape index (κ3) is 3.65. The van der Waals surface area contributed by atoms with E-state index < -0.39 is 5.41 Å². The molecule has 126 valence electrons. The van der Waals surface area contributed by atoms with Crippen molar-refractivity contribution >= 4 is 11.8 Å². The number of aryl methyl sites for hydroxylation is 1. The monoisotopic (exact) mass is 316 g/mol. The fraction of sp³-hybridized carbons (Fsp3) is 0.600. The summed E-state index contributed by atoms with van der Waals surface area (Å²) in [7, 11) is 0. The lowest BCUT2D eigenvalue weighted by atomic mass is 9.64. The van der Waals surface area contributed by atoms with Gasteiger partial charge in [0.2, 0.25) is 0 Å². The molecule has 0 saturated heterocycles. The number of hydrogen-bond donors (Lipinski definition) is 0. The predicted molar refractivity (Wildman–Crippen MR) is 91.0 cm³/mol. The van der Waals surface area contributed by atoms with E-state index in [2.05, 4.69) is 20.8 Å². The Labute approximate surface area is 139 Å². The molecule has 0 heterocycles. The molecule has 1 fully saturated rings. The van der Waals surface area contributed by atoms with Gasteiger partial charge in [0.05, 0.1) is 0 Å². The van der Waals surface area contributed by atoms with Gasteiger partial charge < -0.3 is 4.74 Å². The van der Waals surface area contributed by atoms with Crippen LogP contribution in [-0.2, 0) is 20.7 Å². The first-order chi connectivity index (χ1) is 10.8. The third-order valence-electron chi connectivity index (χ3n) is 6.17. The number of esters is 1. The maximum atomic E-state index is 12.6. The van der Waals surface area contributed by atoms with Gasteiger partial charge in [0.25, 0.3) is 0 Å². The van der Waals surface area contributed by atoms with Crippen molar-refractivity contribution in [2.45, 2.75) is 53.4 Å². The summed E-state index contributed by atoms with van der Waals surface area (Å²) in [6.07, 6.45) is 2.89. The normalized spacial score (nSPS) is 26.0. The van der Waals surface area contributed by atoms with Gasteiger partial charge in [-0.15, -0.1) is 0 Å². The minimum atomic E-state index is -0.397. The molecule has 1 aromatic rings. The minimum Gasteiger partial charge on any atom is -0.458 e. The van der Waals surface area contributed by atoms with E-state index in [1.807, 2.05) is 37.3 Å². The molecule has 0 spiro atoms. The molecule has 2 rings (SSSR count). The molecular weight excluding hydrogens is 288 g/mol. The van der Waals surface area contributed by atoms with Gasteiger partial charge in [0.15, 0.2) is 12.4 Å². The summed E-state index contributed by atoms with van der Waals surface area (Å²) in [5.41, 5.74) is 0.653. The Morgan fingerprint density at radius 1 is 1.17 bits per heavy atom. The average molecular weight is 316 g/mol. The van der Waals surface area contributed by atoms with Crippen LogP contribution >= 0.6 is 0 Å². The topological polar surface area (TPSA) is 43.4 Å². The highest BCUT2D eigenvalue weighted by molar-refractivity contribution is 5.88. The quantitative estimate of drug-likeness (QED) is 0.739. The van der Waals surface area contributed by atoms with Gasteiger partial charge in [-0.25, -0.2) is 0 Å². The number of benzene rings is 1. The Morgan fingerprint density at radius 2 is 1.83 bits per heavy atom. The van der Waals surface area contributed by atoms with Crippen LogP contribution in [0.15, 0.2) is 30.3 Å². The van der Waals surface area contributed by atoms with Crippen LogP contribution in [0.2, 0.25) is 0 Å². The second-order valence-electron chi connectivity index (χ2n) is 7.56. The summed E-state index contributed by atoms with van der Waals surface area (Å²) >= 11 is 0. The summed E-state index contributed by atoms with van der Waals surface area (Å²) in [5, 5.41) is 0. The number of carbonyl (C=O) groups excluding carboxylic acids is 2. The van der Waals surface area contributed by atoms with Crippen molar-refractivity contribution in [1.82, 2.24) is 0 Å². The lowest BCUT2D eigenvalue weighted by Crippen LogP contribution is -2.42. The van der Waals surface area contributed by atoms with Gasteiger partial charge in [-0.05, 0) is 36.2 Å². The molecule has 0 aromatic heterocycles. The first kappa shape index (κ1) is 17.7. The zero-order chi connectivity index (χ0) is 17.1. The summed E-state index contributed by atoms with van der Waals surface area (Å²) in [5.74, 6) is 0.264. The molecule has 23 heavy (non-hydrogen) atoms. The molecule has 1 aromatic carbocycles. The molecule has 0 amide bonds. The number of carbonyl (C=O) groups is 2. The Hall–Kier alpha value is -1.64. The highest BCUT2D eigenvalue weighted by atomic mass is 16.5. The van der Waals surface area contributed by atoms with Crippen molar-refractivity contribution in [2.24, 2.45) is 16.7 Å². The first-order valence-corrected chi connectivity index (χ1v) is 8.50. The molecule has 1 saturated carbocycles. The largest absolute Gasteiger partial charge is 0.458 e. The summed E-state index contributed by atoms with van der Waals surface area (Å²) in [6, 6.07) is 9.83. The number of ether oxygens (including phenoxy) is 1. The molecule has 1 aliphatic rings. The van der Waals surface area contributed by atoms with E-state index in [9.17, 15) is 9.59 Å². The van der Waals surface area contributed by atoms with Crippen LogP contribution in [-0.4, -0.2) is 18.4 Å². The van der Waals surface area contributed by atoms with Crippen LogP contribution in [0.4, 0.5) is 0 Å². The smallest absolute Gasteiger partial charge is 0.306 e. The van der Waals surface area contributed by atoms with E-state index in [1.165, 1.54) is 0 Å². The van der Waals surface area contributed by atoms with Crippen molar-refractivity contribution in [3.8, 4) is 0 Å². The van der Waals surface area contributed by atoms with Gasteiger partial charge in [-0.2, -0.15) is 0 Å². The zero-order valence-corrected chi connectivity index (χ0v) is 14.7. The summed E-state index contributed by atoms with van der Waals surface area (Å²) < 4.78 is 5.24. The highest BCUT2D eigenvalue weighted by Crippen LogP contribution is 2.56. The van der Waals surface area contributed by atoms with Crippen LogP contribution in [0.25, 0.3) is 0 Å². The Bertz CT molecular complexity index is 562. The van der Waals surface area contributed by atoms with E-state index in [1.54, 1.807) is 0 Å². The number of hydrogen-bond acceptors (Lipinski definition) is 3. The molecular formula is C20H28O3. The van der Waals surface area contributed by atoms with Gasteiger partial charge in [0, 0.05) is 11.8 Å².